The Hall–Kier alpha value is -1.10. The van der Waals surface area contributed by atoms with E-state index in [1.807, 2.05) is 4.90 Å². The van der Waals surface area contributed by atoms with E-state index in [0.717, 1.165) is 45.1 Å². The number of piperidine rings is 1. The van der Waals surface area contributed by atoms with Crippen molar-refractivity contribution in [3.05, 3.63) is 0 Å². The average Bonchev–Trinajstić information content (AvgIpc) is 3.07. The Morgan fingerprint density at radius 1 is 1.18 bits per heavy atom. The second-order valence-electron chi connectivity index (χ2n) is 6.49. The number of amides is 2. The standard InChI is InChI=1S/C17H30N2O3/c1-3-13(4-2)17(21)19-9-7-14(8-10-19)16(20)18-12-15-6-5-11-22-15/h13-15H,3-12H2,1-2H3,(H,18,20). The highest BCUT2D eigenvalue weighted by molar-refractivity contribution is 5.81. The molecule has 5 heteroatoms. The molecule has 2 rings (SSSR count). The number of rotatable bonds is 6. The van der Waals surface area contributed by atoms with Crippen molar-refractivity contribution in [2.24, 2.45) is 11.8 Å². The molecule has 1 unspecified atom stereocenters. The van der Waals surface area contributed by atoms with Gasteiger partial charge in [0.05, 0.1) is 6.10 Å². The van der Waals surface area contributed by atoms with Crippen LogP contribution in [-0.2, 0) is 14.3 Å². The molecule has 1 atom stereocenters. The first-order valence-corrected chi connectivity index (χ1v) is 8.83. The fourth-order valence-electron chi connectivity index (χ4n) is 3.42. The molecule has 0 bridgehead atoms. The van der Waals surface area contributed by atoms with Gasteiger partial charge < -0.3 is 15.0 Å². The summed E-state index contributed by atoms with van der Waals surface area (Å²) in [6, 6.07) is 0. The van der Waals surface area contributed by atoms with Crippen molar-refractivity contribution in [2.75, 3.05) is 26.2 Å². The van der Waals surface area contributed by atoms with E-state index >= 15 is 0 Å². The predicted octanol–water partition coefficient (Wildman–Crippen LogP) is 1.96. The summed E-state index contributed by atoms with van der Waals surface area (Å²) in [6.45, 7) is 7.01. The first-order chi connectivity index (χ1) is 10.7. The fraction of sp³-hybridized carbons (Fsp3) is 0.882. The normalized spacial score (nSPS) is 23.0. The minimum Gasteiger partial charge on any atom is -0.376 e. The highest BCUT2D eigenvalue weighted by atomic mass is 16.5. The highest BCUT2D eigenvalue weighted by Crippen LogP contribution is 2.21. The van der Waals surface area contributed by atoms with E-state index < -0.39 is 0 Å². The number of likely N-dealkylation sites (tertiary alicyclic amines) is 1. The molecule has 0 saturated carbocycles. The Labute approximate surface area is 133 Å². The molecule has 2 fully saturated rings. The van der Waals surface area contributed by atoms with E-state index in [1.54, 1.807) is 0 Å². The monoisotopic (exact) mass is 310 g/mol. The zero-order valence-electron chi connectivity index (χ0n) is 14.0. The van der Waals surface area contributed by atoms with Crippen LogP contribution in [-0.4, -0.2) is 49.1 Å². The quantitative estimate of drug-likeness (QED) is 0.816. The predicted molar refractivity (Wildman–Crippen MR) is 85.4 cm³/mol. The number of nitrogens with zero attached hydrogens (tertiary/aromatic N) is 1. The van der Waals surface area contributed by atoms with Gasteiger partial charge in [-0.1, -0.05) is 13.8 Å². The minimum atomic E-state index is 0.0483. The summed E-state index contributed by atoms with van der Waals surface area (Å²) in [7, 11) is 0. The molecule has 2 amide bonds. The third kappa shape index (κ3) is 4.45. The summed E-state index contributed by atoms with van der Waals surface area (Å²) < 4.78 is 5.52. The van der Waals surface area contributed by atoms with Gasteiger partial charge in [-0.2, -0.15) is 0 Å². The number of hydrogen-bond acceptors (Lipinski definition) is 3. The van der Waals surface area contributed by atoms with E-state index in [0.29, 0.717) is 19.6 Å². The van der Waals surface area contributed by atoms with Crippen molar-refractivity contribution >= 4 is 11.8 Å². The molecule has 0 aromatic heterocycles. The van der Waals surface area contributed by atoms with Crippen molar-refractivity contribution < 1.29 is 14.3 Å². The Kier molecular flexibility index (Phi) is 6.68. The van der Waals surface area contributed by atoms with E-state index in [9.17, 15) is 9.59 Å². The maximum atomic E-state index is 12.3. The number of nitrogens with one attached hydrogen (secondary N) is 1. The molecule has 0 spiro atoms. The van der Waals surface area contributed by atoms with Crippen LogP contribution < -0.4 is 5.32 Å². The highest BCUT2D eigenvalue weighted by Gasteiger charge is 2.30. The first-order valence-electron chi connectivity index (χ1n) is 8.83. The average molecular weight is 310 g/mol. The van der Waals surface area contributed by atoms with Crippen LogP contribution in [0.25, 0.3) is 0 Å². The van der Waals surface area contributed by atoms with E-state index in [-0.39, 0.29) is 29.8 Å². The van der Waals surface area contributed by atoms with Crippen molar-refractivity contribution in [1.29, 1.82) is 0 Å². The molecule has 0 aromatic rings. The molecule has 1 N–H and O–H groups in total. The van der Waals surface area contributed by atoms with Gasteiger partial charge in [-0.15, -0.1) is 0 Å². The van der Waals surface area contributed by atoms with Gasteiger partial charge in [-0.3, -0.25) is 9.59 Å². The molecule has 0 aliphatic carbocycles. The molecule has 2 heterocycles. The van der Waals surface area contributed by atoms with Crippen molar-refractivity contribution in [2.45, 2.75) is 58.5 Å². The third-order valence-electron chi connectivity index (χ3n) is 5.04. The van der Waals surface area contributed by atoms with Crippen LogP contribution in [0, 0.1) is 11.8 Å². The first kappa shape index (κ1) is 17.3. The molecule has 22 heavy (non-hydrogen) atoms. The van der Waals surface area contributed by atoms with Gasteiger partial charge in [0, 0.05) is 38.1 Å². The van der Waals surface area contributed by atoms with Crippen LogP contribution in [0.5, 0.6) is 0 Å². The second kappa shape index (κ2) is 8.51. The summed E-state index contributed by atoms with van der Waals surface area (Å²) in [6.07, 6.45) is 5.70. The van der Waals surface area contributed by atoms with Gasteiger partial charge in [0.1, 0.15) is 0 Å². The molecule has 0 radical (unpaired) electrons. The lowest BCUT2D eigenvalue weighted by atomic mass is 9.93. The Morgan fingerprint density at radius 2 is 1.86 bits per heavy atom. The Morgan fingerprint density at radius 3 is 2.41 bits per heavy atom. The number of carbonyl (C=O) groups is 2. The lowest BCUT2D eigenvalue weighted by molar-refractivity contribution is -0.139. The zero-order valence-corrected chi connectivity index (χ0v) is 14.0. The summed E-state index contributed by atoms with van der Waals surface area (Å²) in [5, 5.41) is 3.02. The van der Waals surface area contributed by atoms with Gasteiger partial charge in [0.25, 0.3) is 0 Å². The summed E-state index contributed by atoms with van der Waals surface area (Å²) in [5.74, 6) is 0.588. The van der Waals surface area contributed by atoms with Gasteiger partial charge >= 0.3 is 0 Å². The summed E-state index contributed by atoms with van der Waals surface area (Å²) >= 11 is 0. The zero-order chi connectivity index (χ0) is 15.9. The topological polar surface area (TPSA) is 58.6 Å². The Balaban J connectivity index is 1.71. The third-order valence-corrected chi connectivity index (χ3v) is 5.04. The van der Waals surface area contributed by atoms with Crippen LogP contribution in [0.2, 0.25) is 0 Å². The summed E-state index contributed by atoms with van der Waals surface area (Å²) in [5.41, 5.74) is 0. The van der Waals surface area contributed by atoms with Crippen molar-refractivity contribution in [3.63, 3.8) is 0 Å². The summed E-state index contributed by atoms with van der Waals surface area (Å²) in [4.78, 5) is 26.5. The van der Waals surface area contributed by atoms with Gasteiger partial charge in [0.15, 0.2) is 0 Å². The molecule has 5 nitrogen and oxygen atoms in total. The van der Waals surface area contributed by atoms with Crippen LogP contribution in [0.4, 0.5) is 0 Å². The van der Waals surface area contributed by atoms with Gasteiger partial charge in [-0.05, 0) is 38.5 Å². The molecular formula is C17H30N2O3. The molecule has 126 valence electrons. The minimum absolute atomic E-state index is 0.0483. The van der Waals surface area contributed by atoms with E-state index in [2.05, 4.69) is 19.2 Å². The number of hydrogen-bond donors (Lipinski definition) is 1. The molecular weight excluding hydrogens is 280 g/mol. The Bertz CT molecular complexity index is 368. The molecule has 2 saturated heterocycles. The largest absolute Gasteiger partial charge is 0.376 e. The van der Waals surface area contributed by atoms with E-state index in [4.69, 9.17) is 4.74 Å². The maximum Gasteiger partial charge on any atom is 0.225 e. The van der Waals surface area contributed by atoms with E-state index in [1.165, 1.54) is 0 Å². The second-order valence-corrected chi connectivity index (χ2v) is 6.49. The van der Waals surface area contributed by atoms with Crippen molar-refractivity contribution in [1.82, 2.24) is 10.2 Å². The molecule has 0 aromatic carbocycles. The molecule has 2 aliphatic heterocycles. The molecule has 2 aliphatic rings. The van der Waals surface area contributed by atoms with Crippen LogP contribution in [0.1, 0.15) is 52.4 Å². The SMILES string of the molecule is CCC(CC)C(=O)N1CCC(C(=O)NCC2CCCO2)CC1. The number of carbonyl (C=O) groups excluding carboxylic acids is 2. The van der Waals surface area contributed by atoms with Crippen molar-refractivity contribution in [3.8, 4) is 0 Å². The van der Waals surface area contributed by atoms with Gasteiger partial charge in [-0.25, -0.2) is 0 Å². The smallest absolute Gasteiger partial charge is 0.225 e. The van der Waals surface area contributed by atoms with Crippen LogP contribution in [0.3, 0.4) is 0 Å². The van der Waals surface area contributed by atoms with Gasteiger partial charge in [0.2, 0.25) is 11.8 Å². The lowest BCUT2D eigenvalue weighted by Gasteiger charge is -2.33. The maximum absolute atomic E-state index is 12.3. The van der Waals surface area contributed by atoms with Crippen LogP contribution in [0.15, 0.2) is 0 Å². The number of ether oxygens (including phenoxy) is 1. The lowest BCUT2D eigenvalue weighted by Crippen LogP contribution is -2.45. The fourth-order valence-corrected chi connectivity index (χ4v) is 3.42. The van der Waals surface area contributed by atoms with Crippen LogP contribution >= 0.6 is 0 Å².